The van der Waals surface area contributed by atoms with E-state index in [4.69, 9.17) is 5.26 Å². The zero-order valence-electron chi connectivity index (χ0n) is 15.3. The van der Waals surface area contributed by atoms with Crippen LogP contribution in [0.4, 0.5) is 5.82 Å². The van der Waals surface area contributed by atoms with Crippen molar-refractivity contribution in [3.63, 3.8) is 0 Å². The second-order valence-electron chi connectivity index (χ2n) is 6.85. The second kappa shape index (κ2) is 7.52. The highest BCUT2D eigenvalue weighted by molar-refractivity contribution is 5.78. The van der Waals surface area contributed by atoms with Crippen LogP contribution in [-0.2, 0) is 11.2 Å². The lowest BCUT2D eigenvalue weighted by Crippen LogP contribution is -2.54. The number of hydrogen-bond donors (Lipinski definition) is 0. The molecule has 0 unspecified atom stereocenters. The van der Waals surface area contributed by atoms with Crippen molar-refractivity contribution in [1.29, 1.82) is 5.26 Å². The molecule has 2 aromatic rings. The van der Waals surface area contributed by atoms with Gasteiger partial charge in [-0.05, 0) is 32.9 Å². The number of rotatable bonds is 4. The van der Waals surface area contributed by atoms with Crippen molar-refractivity contribution in [2.75, 3.05) is 24.5 Å². The summed E-state index contributed by atoms with van der Waals surface area (Å²) < 4.78 is 2.01. The highest BCUT2D eigenvalue weighted by atomic mass is 16.2. The number of carbonyl (C=O) groups excluding carboxylic acids is 1. The van der Waals surface area contributed by atoms with Crippen LogP contribution in [0, 0.1) is 11.3 Å². The fourth-order valence-corrected chi connectivity index (χ4v) is 3.08. The van der Waals surface area contributed by atoms with E-state index in [-0.39, 0.29) is 11.9 Å². The summed E-state index contributed by atoms with van der Waals surface area (Å²) in [6.07, 6.45) is 4.04. The summed E-state index contributed by atoms with van der Waals surface area (Å²) >= 11 is 0. The van der Waals surface area contributed by atoms with Gasteiger partial charge in [-0.15, -0.1) is 10.2 Å². The van der Waals surface area contributed by atoms with E-state index < -0.39 is 0 Å². The van der Waals surface area contributed by atoms with Crippen LogP contribution in [0.15, 0.2) is 24.7 Å². The lowest BCUT2D eigenvalue weighted by atomic mass is 10.1. The SMILES string of the molecule is CC(C)n1cnc(CC(=O)N2CCN(c3ccc(C#N)nn3)[C@@H](C)C2)c1. The normalized spacial score (nSPS) is 17.4. The van der Waals surface area contributed by atoms with Crippen LogP contribution >= 0.6 is 0 Å². The highest BCUT2D eigenvalue weighted by Crippen LogP contribution is 2.18. The van der Waals surface area contributed by atoms with E-state index in [1.807, 2.05) is 21.7 Å². The van der Waals surface area contributed by atoms with Crippen molar-refractivity contribution in [3.05, 3.63) is 36.0 Å². The summed E-state index contributed by atoms with van der Waals surface area (Å²) in [5.74, 6) is 0.829. The first-order valence-electron chi connectivity index (χ1n) is 8.78. The standard InChI is InChI=1S/C18H23N7O/c1-13(2)24-11-16(20-12-24)8-18(26)23-6-7-25(14(3)10-23)17-5-4-15(9-19)21-22-17/h4-5,11-14H,6-8,10H2,1-3H3/t14-/m0/s1. The van der Waals surface area contributed by atoms with Gasteiger partial charge >= 0.3 is 0 Å². The number of imidazole rings is 1. The first-order valence-corrected chi connectivity index (χ1v) is 8.78. The number of nitriles is 1. The molecule has 0 radical (unpaired) electrons. The third kappa shape index (κ3) is 3.82. The van der Waals surface area contributed by atoms with Gasteiger partial charge in [-0.1, -0.05) is 0 Å². The van der Waals surface area contributed by atoms with Crippen LogP contribution in [0.5, 0.6) is 0 Å². The first kappa shape index (κ1) is 17.9. The van der Waals surface area contributed by atoms with Crippen LogP contribution < -0.4 is 4.90 Å². The maximum Gasteiger partial charge on any atom is 0.228 e. The molecule has 8 nitrogen and oxygen atoms in total. The zero-order chi connectivity index (χ0) is 18.7. The van der Waals surface area contributed by atoms with Crippen molar-refractivity contribution < 1.29 is 4.79 Å². The molecule has 136 valence electrons. The molecular formula is C18H23N7O. The maximum absolute atomic E-state index is 12.6. The Bertz CT molecular complexity index is 806. The minimum absolute atomic E-state index is 0.0939. The zero-order valence-corrected chi connectivity index (χ0v) is 15.3. The van der Waals surface area contributed by atoms with E-state index in [0.29, 0.717) is 37.8 Å². The van der Waals surface area contributed by atoms with E-state index in [1.165, 1.54) is 0 Å². The molecule has 1 saturated heterocycles. The fourth-order valence-electron chi connectivity index (χ4n) is 3.08. The topological polar surface area (TPSA) is 90.9 Å². The number of hydrogen-bond acceptors (Lipinski definition) is 6. The van der Waals surface area contributed by atoms with E-state index in [2.05, 4.69) is 40.9 Å². The summed E-state index contributed by atoms with van der Waals surface area (Å²) in [5.41, 5.74) is 1.10. The molecule has 1 fully saturated rings. The molecule has 2 aromatic heterocycles. The van der Waals surface area contributed by atoms with Crippen molar-refractivity contribution >= 4 is 11.7 Å². The number of anilines is 1. The molecule has 0 bridgehead atoms. The number of piperazine rings is 1. The number of nitrogens with zero attached hydrogens (tertiary/aromatic N) is 7. The van der Waals surface area contributed by atoms with Crippen molar-refractivity contribution in [1.82, 2.24) is 24.6 Å². The van der Waals surface area contributed by atoms with E-state index >= 15 is 0 Å². The molecule has 3 heterocycles. The smallest absolute Gasteiger partial charge is 0.228 e. The van der Waals surface area contributed by atoms with Crippen molar-refractivity contribution in [3.8, 4) is 6.07 Å². The average molecular weight is 353 g/mol. The molecule has 1 aliphatic heterocycles. The minimum Gasteiger partial charge on any atom is -0.349 e. The van der Waals surface area contributed by atoms with Gasteiger partial charge in [0, 0.05) is 37.9 Å². The number of aromatic nitrogens is 4. The summed E-state index contributed by atoms with van der Waals surface area (Å²) in [5, 5.41) is 16.8. The number of amides is 1. The van der Waals surface area contributed by atoms with Crippen LogP contribution in [0.1, 0.15) is 38.2 Å². The van der Waals surface area contributed by atoms with Crippen LogP contribution in [-0.4, -0.2) is 56.2 Å². The Kier molecular flexibility index (Phi) is 5.16. The highest BCUT2D eigenvalue weighted by Gasteiger charge is 2.28. The molecule has 26 heavy (non-hydrogen) atoms. The van der Waals surface area contributed by atoms with Gasteiger partial charge in [0.25, 0.3) is 0 Å². The Morgan fingerprint density at radius 2 is 2.15 bits per heavy atom. The predicted molar refractivity (Wildman–Crippen MR) is 96.5 cm³/mol. The Morgan fingerprint density at radius 3 is 2.73 bits per heavy atom. The molecule has 0 aromatic carbocycles. The monoisotopic (exact) mass is 353 g/mol. The molecule has 1 amide bonds. The van der Waals surface area contributed by atoms with E-state index in [1.54, 1.807) is 18.5 Å². The van der Waals surface area contributed by atoms with Crippen LogP contribution in [0.25, 0.3) is 0 Å². The van der Waals surface area contributed by atoms with Crippen molar-refractivity contribution in [2.24, 2.45) is 0 Å². The quantitative estimate of drug-likeness (QED) is 0.825. The summed E-state index contributed by atoms with van der Waals surface area (Å²) in [4.78, 5) is 20.9. The van der Waals surface area contributed by atoms with Crippen LogP contribution in [0.2, 0.25) is 0 Å². The fraction of sp³-hybridized carbons (Fsp3) is 0.500. The molecular weight excluding hydrogens is 330 g/mol. The van der Waals surface area contributed by atoms with Gasteiger partial charge in [-0.25, -0.2) is 4.98 Å². The molecule has 1 aliphatic rings. The Labute approximate surface area is 153 Å². The molecule has 1 atom stereocenters. The van der Waals surface area contributed by atoms with Gasteiger partial charge < -0.3 is 14.4 Å². The third-order valence-corrected chi connectivity index (χ3v) is 4.62. The summed E-state index contributed by atoms with van der Waals surface area (Å²) in [6.45, 7) is 8.18. The molecule has 0 saturated carbocycles. The molecule has 0 spiro atoms. The van der Waals surface area contributed by atoms with E-state index in [9.17, 15) is 4.79 Å². The Hall–Kier alpha value is -2.95. The van der Waals surface area contributed by atoms with Crippen molar-refractivity contribution in [2.45, 2.75) is 39.3 Å². The molecule has 0 aliphatic carbocycles. The lowest BCUT2D eigenvalue weighted by molar-refractivity contribution is -0.131. The van der Waals surface area contributed by atoms with Gasteiger partial charge in [0.05, 0.1) is 18.4 Å². The largest absolute Gasteiger partial charge is 0.349 e. The van der Waals surface area contributed by atoms with Gasteiger partial charge in [0.1, 0.15) is 6.07 Å². The minimum atomic E-state index is 0.0939. The first-order chi connectivity index (χ1) is 12.5. The van der Waals surface area contributed by atoms with Gasteiger partial charge in [-0.3, -0.25) is 4.79 Å². The van der Waals surface area contributed by atoms with Gasteiger partial charge in [0.15, 0.2) is 11.5 Å². The Balaban J connectivity index is 1.60. The lowest BCUT2D eigenvalue weighted by Gasteiger charge is -2.40. The Morgan fingerprint density at radius 1 is 1.35 bits per heavy atom. The number of carbonyl (C=O) groups is 1. The molecule has 0 N–H and O–H groups in total. The summed E-state index contributed by atoms with van der Waals surface area (Å²) in [6, 6.07) is 5.90. The second-order valence-corrected chi connectivity index (χ2v) is 6.85. The van der Waals surface area contributed by atoms with Gasteiger partial charge in [-0.2, -0.15) is 5.26 Å². The van der Waals surface area contributed by atoms with Gasteiger partial charge in [0.2, 0.25) is 5.91 Å². The molecule has 3 rings (SSSR count). The predicted octanol–water partition coefficient (Wildman–Crippen LogP) is 1.41. The van der Waals surface area contributed by atoms with Crippen LogP contribution in [0.3, 0.4) is 0 Å². The van der Waals surface area contributed by atoms with E-state index in [0.717, 1.165) is 11.5 Å². The molecule has 8 heteroatoms. The third-order valence-electron chi connectivity index (χ3n) is 4.62. The maximum atomic E-state index is 12.6. The summed E-state index contributed by atoms with van der Waals surface area (Å²) in [7, 11) is 0. The average Bonchev–Trinajstić information content (AvgIpc) is 3.10.